The summed E-state index contributed by atoms with van der Waals surface area (Å²) in [4.78, 5) is 1.10. The summed E-state index contributed by atoms with van der Waals surface area (Å²) in [7, 11) is -0.739. The standard InChI is InChI=1S/C8H12ClNOS2/c9-4-1-2-6-13(11)7-8-3-5-10-12-8/h3,5H,1-2,4,6-7H2. The van der Waals surface area contributed by atoms with E-state index in [9.17, 15) is 4.21 Å². The number of unbranched alkanes of at least 4 members (excludes halogenated alkanes) is 1. The van der Waals surface area contributed by atoms with Crippen molar-refractivity contribution in [2.24, 2.45) is 0 Å². The summed E-state index contributed by atoms with van der Waals surface area (Å²) >= 11 is 6.94. The molecule has 0 radical (unpaired) electrons. The largest absolute Gasteiger partial charge is 0.259 e. The fourth-order valence-electron chi connectivity index (χ4n) is 0.905. The Morgan fingerprint density at radius 3 is 3.00 bits per heavy atom. The Labute approximate surface area is 89.9 Å². The molecule has 0 aliphatic carbocycles. The summed E-state index contributed by atoms with van der Waals surface area (Å²) in [5.74, 6) is 2.06. The second-order valence-corrected chi connectivity index (χ2v) is 5.54. The molecule has 0 aliphatic rings. The maximum Gasteiger partial charge on any atom is 0.0595 e. The molecule has 0 amide bonds. The molecule has 0 saturated heterocycles. The number of rotatable bonds is 6. The summed E-state index contributed by atoms with van der Waals surface area (Å²) in [6, 6.07) is 1.92. The molecule has 1 heterocycles. The quantitative estimate of drug-likeness (QED) is 0.562. The van der Waals surface area contributed by atoms with Gasteiger partial charge in [0.2, 0.25) is 0 Å². The van der Waals surface area contributed by atoms with Crippen LogP contribution in [0.4, 0.5) is 0 Å². The van der Waals surface area contributed by atoms with Crippen LogP contribution in [-0.4, -0.2) is 20.2 Å². The third-order valence-corrected chi connectivity index (χ3v) is 4.12. The molecule has 1 rings (SSSR count). The molecule has 1 aromatic rings. The Morgan fingerprint density at radius 2 is 2.38 bits per heavy atom. The van der Waals surface area contributed by atoms with Gasteiger partial charge in [0.25, 0.3) is 0 Å². The first-order chi connectivity index (χ1) is 6.33. The molecule has 0 fully saturated rings. The lowest BCUT2D eigenvalue weighted by Gasteiger charge is -1.98. The van der Waals surface area contributed by atoms with Crippen molar-refractivity contribution in [2.75, 3.05) is 11.6 Å². The van der Waals surface area contributed by atoms with Crippen LogP contribution >= 0.6 is 23.1 Å². The van der Waals surface area contributed by atoms with Crippen molar-refractivity contribution in [3.05, 3.63) is 17.1 Å². The molecule has 74 valence electrons. The average Bonchev–Trinajstić information content (AvgIpc) is 2.57. The second-order valence-electron chi connectivity index (χ2n) is 2.66. The first-order valence-corrected chi connectivity index (χ1v) is 6.93. The zero-order chi connectivity index (χ0) is 9.52. The number of aromatic nitrogens is 1. The molecule has 0 spiro atoms. The molecular weight excluding hydrogens is 226 g/mol. The first-order valence-electron chi connectivity index (χ1n) is 4.13. The van der Waals surface area contributed by atoms with Crippen LogP contribution in [0.5, 0.6) is 0 Å². The minimum absolute atomic E-state index is 0.646. The normalized spacial score (nSPS) is 13.0. The van der Waals surface area contributed by atoms with Crippen LogP contribution in [0.2, 0.25) is 0 Å². The van der Waals surface area contributed by atoms with Crippen molar-refractivity contribution in [1.29, 1.82) is 0 Å². The summed E-state index contributed by atoms with van der Waals surface area (Å²) in [6.45, 7) is 0. The third kappa shape index (κ3) is 4.74. The molecule has 0 saturated carbocycles. The third-order valence-electron chi connectivity index (χ3n) is 1.55. The van der Waals surface area contributed by atoms with Crippen LogP contribution < -0.4 is 0 Å². The molecule has 1 unspecified atom stereocenters. The number of hydrogen-bond donors (Lipinski definition) is 0. The van der Waals surface area contributed by atoms with Gasteiger partial charge in [0.15, 0.2) is 0 Å². The van der Waals surface area contributed by atoms with E-state index in [0.717, 1.165) is 23.5 Å². The number of halogens is 1. The van der Waals surface area contributed by atoms with Gasteiger partial charge in [-0.2, -0.15) is 0 Å². The van der Waals surface area contributed by atoms with E-state index in [-0.39, 0.29) is 0 Å². The van der Waals surface area contributed by atoms with Crippen molar-refractivity contribution < 1.29 is 4.21 Å². The summed E-state index contributed by atoms with van der Waals surface area (Å²) in [5, 5.41) is 0. The minimum Gasteiger partial charge on any atom is -0.259 e. The van der Waals surface area contributed by atoms with Crippen LogP contribution in [0.25, 0.3) is 0 Å². The van der Waals surface area contributed by atoms with E-state index < -0.39 is 10.8 Å². The van der Waals surface area contributed by atoms with Crippen molar-refractivity contribution in [3.63, 3.8) is 0 Å². The van der Waals surface area contributed by atoms with E-state index in [1.807, 2.05) is 6.07 Å². The Bertz CT molecular complexity index is 251. The van der Waals surface area contributed by atoms with Crippen LogP contribution in [-0.2, 0) is 16.6 Å². The zero-order valence-corrected chi connectivity index (χ0v) is 9.63. The highest BCUT2D eigenvalue weighted by atomic mass is 35.5. The predicted octanol–water partition coefficient (Wildman–Crippen LogP) is 2.41. The smallest absolute Gasteiger partial charge is 0.0595 e. The zero-order valence-electron chi connectivity index (χ0n) is 7.24. The van der Waals surface area contributed by atoms with E-state index in [1.54, 1.807) is 6.20 Å². The van der Waals surface area contributed by atoms with Gasteiger partial charge in [0.05, 0.1) is 5.75 Å². The molecule has 0 bridgehead atoms. The van der Waals surface area contributed by atoms with E-state index in [1.165, 1.54) is 11.5 Å². The van der Waals surface area contributed by atoms with Crippen LogP contribution in [0.15, 0.2) is 12.3 Å². The SMILES string of the molecule is O=S(CCCCCl)Cc1ccns1. The predicted molar refractivity (Wildman–Crippen MR) is 58.8 cm³/mol. The lowest BCUT2D eigenvalue weighted by Crippen LogP contribution is -1.99. The van der Waals surface area contributed by atoms with Crippen molar-refractivity contribution in [3.8, 4) is 0 Å². The molecule has 0 N–H and O–H groups in total. The highest BCUT2D eigenvalue weighted by Gasteiger charge is 2.02. The number of alkyl halides is 1. The van der Waals surface area contributed by atoms with Gasteiger partial charge in [-0.25, -0.2) is 4.37 Å². The van der Waals surface area contributed by atoms with E-state index >= 15 is 0 Å². The fraction of sp³-hybridized carbons (Fsp3) is 0.625. The Kier molecular flexibility index (Phi) is 5.58. The molecule has 1 aromatic heterocycles. The molecular formula is C8H12ClNOS2. The lowest BCUT2D eigenvalue weighted by atomic mass is 10.4. The van der Waals surface area contributed by atoms with Gasteiger partial charge in [0.1, 0.15) is 0 Å². The van der Waals surface area contributed by atoms with Crippen molar-refractivity contribution in [1.82, 2.24) is 4.37 Å². The van der Waals surface area contributed by atoms with Gasteiger partial charge >= 0.3 is 0 Å². The average molecular weight is 238 g/mol. The van der Waals surface area contributed by atoms with E-state index in [2.05, 4.69) is 4.37 Å². The highest BCUT2D eigenvalue weighted by Crippen LogP contribution is 2.08. The molecule has 1 atom stereocenters. The molecule has 0 aromatic carbocycles. The number of hydrogen-bond acceptors (Lipinski definition) is 3. The summed E-state index contributed by atoms with van der Waals surface area (Å²) in [5.41, 5.74) is 0. The molecule has 2 nitrogen and oxygen atoms in total. The van der Waals surface area contributed by atoms with E-state index in [0.29, 0.717) is 11.6 Å². The Hall–Kier alpha value is 0.0700. The molecule has 0 aliphatic heterocycles. The topological polar surface area (TPSA) is 30.0 Å². The maximum absolute atomic E-state index is 11.4. The summed E-state index contributed by atoms with van der Waals surface area (Å²) in [6.07, 6.45) is 3.65. The van der Waals surface area contributed by atoms with Crippen LogP contribution in [0.3, 0.4) is 0 Å². The highest BCUT2D eigenvalue weighted by molar-refractivity contribution is 7.84. The minimum atomic E-state index is -0.739. The number of nitrogens with zero attached hydrogens (tertiary/aromatic N) is 1. The van der Waals surface area contributed by atoms with Gasteiger partial charge in [-0.15, -0.1) is 11.6 Å². The maximum atomic E-state index is 11.4. The van der Waals surface area contributed by atoms with Gasteiger partial charge in [-0.3, -0.25) is 4.21 Å². The first kappa shape index (κ1) is 11.1. The molecule has 5 heteroatoms. The van der Waals surface area contributed by atoms with Gasteiger partial charge in [0, 0.05) is 33.5 Å². The second kappa shape index (κ2) is 6.51. The van der Waals surface area contributed by atoms with Crippen LogP contribution in [0, 0.1) is 0 Å². The van der Waals surface area contributed by atoms with Gasteiger partial charge in [-0.1, -0.05) is 0 Å². The Balaban J connectivity index is 2.18. The van der Waals surface area contributed by atoms with Crippen molar-refractivity contribution in [2.45, 2.75) is 18.6 Å². The monoisotopic (exact) mass is 237 g/mol. The fourth-order valence-corrected chi connectivity index (χ4v) is 3.16. The van der Waals surface area contributed by atoms with Gasteiger partial charge < -0.3 is 0 Å². The van der Waals surface area contributed by atoms with E-state index in [4.69, 9.17) is 11.6 Å². The van der Waals surface area contributed by atoms with Crippen LogP contribution in [0.1, 0.15) is 17.7 Å². The van der Waals surface area contributed by atoms with Gasteiger partial charge in [-0.05, 0) is 30.4 Å². The molecule has 13 heavy (non-hydrogen) atoms. The summed E-state index contributed by atoms with van der Waals surface area (Å²) < 4.78 is 15.4. The van der Waals surface area contributed by atoms with Crippen molar-refractivity contribution >= 4 is 33.9 Å². The Morgan fingerprint density at radius 1 is 1.54 bits per heavy atom. The lowest BCUT2D eigenvalue weighted by molar-refractivity contribution is 0.679.